The molecule has 23 heavy (non-hydrogen) atoms. The van der Waals surface area contributed by atoms with E-state index in [1.165, 1.54) is 18.2 Å². The van der Waals surface area contributed by atoms with Crippen molar-refractivity contribution in [1.29, 1.82) is 0 Å². The number of halogens is 2. The average Bonchev–Trinajstić information content (AvgIpc) is 2.51. The Bertz CT molecular complexity index is 734. The molecule has 0 saturated heterocycles. The highest BCUT2D eigenvalue weighted by Crippen LogP contribution is 2.20. The quantitative estimate of drug-likeness (QED) is 0.848. The van der Waals surface area contributed by atoms with Crippen LogP contribution in [0.15, 0.2) is 42.5 Å². The van der Waals surface area contributed by atoms with Gasteiger partial charge in [0.05, 0.1) is 5.69 Å². The van der Waals surface area contributed by atoms with Gasteiger partial charge in [-0.05, 0) is 42.7 Å². The van der Waals surface area contributed by atoms with Gasteiger partial charge in [0.2, 0.25) is 11.8 Å². The molecule has 0 atom stereocenters. The highest BCUT2D eigenvalue weighted by Gasteiger charge is 2.10. The van der Waals surface area contributed by atoms with Crippen LogP contribution in [0, 0.1) is 5.82 Å². The topological polar surface area (TPSA) is 72.2 Å². The summed E-state index contributed by atoms with van der Waals surface area (Å²) in [7, 11) is 0. The normalized spacial score (nSPS) is 10.3. The van der Waals surface area contributed by atoms with E-state index in [9.17, 15) is 14.0 Å². The van der Waals surface area contributed by atoms with Crippen LogP contribution in [-0.2, 0) is 11.2 Å². The lowest BCUT2D eigenvalue weighted by atomic mass is 10.0. The van der Waals surface area contributed by atoms with Crippen molar-refractivity contribution in [3.63, 3.8) is 0 Å². The van der Waals surface area contributed by atoms with Crippen molar-refractivity contribution in [2.24, 2.45) is 5.73 Å². The zero-order valence-corrected chi connectivity index (χ0v) is 13.1. The van der Waals surface area contributed by atoms with Crippen LogP contribution in [0.25, 0.3) is 0 Å². The molecule has 0 saturated carbocycles. The lowest BCUT2D eigenvalue weighted by Gasteiger charge is -2.08. The smallest absolute Gasteiger partial charge is 0.248 e. The fourth-order valence-electron chi connectivity index (χ4n) is 2.22. The number of benzene rings is 2. The van der Waals surface area contributed by atoms with E-state index in [0.29, 0.717) is 23.4 Å². The molecule has 6 heteroatoms. The molecule has 0 bridgehead atoms. The predicted molar refractivity (Wildman–Crippen MR) is 87.9 cm³/mol. The number of carbonyl (C=O) groups is 2. The van der Waals surface area contributed by atoms with Gasteiger partial charge in [-0.3, -0.25) is 9.59 Å². The van der Waals surface area contributed by atoms with E-state index in [1.54, 1.807) is 18.2 Å². The molecule has 2 aromatic rings. The molecule has 2 amide bonds. The first-order chi connectivity index (χ1) is 11.0. The summed E-state index contributed by atoms with van der Waals surface area (Å²) in [6, 6.07) is 11.0. The number of primary amides is 1. The van der Waals surface area contributed by atoms with Crippen molar-refractivity contribution in [3.05, 3.63) is 64.4 Å². The summed E-state index contributed by atoms with van der Waals surface area (Å²) in [6.07, 6.45) is 1.24. The van der Waals surface area contributed by atoms with Crippen LogP contribution in [0.5, 0.6) is 0 Å². The number of amides is 2. The molecule has 0 fully saturated rings. The monoisotopic (exact) mass is 334 g/mol. The van der Waals surface area contributed by atoms with Crippen molar-refractivity contribution in [1.82, 2.24) is 0 Å². The molecule has 0 unspecified atom stereocenters. The van der Waals surface area contributed by atoms with Crippen LogP contribution >= 0.6 is 11.6 Å². The van der Waals surface area contributed by atoms with Crippen LogP contribution in [0.3, 0.4) is 0 Å². The molecule has 0 heterocycles. The molecule has 3 N–H and O–H groups in total. The maximum Gasteiger partial charge on any atom is 0.248 e. The third kappa shape index (κ3) is 4.79. The molecule has 2 aromatic carbocycles. The van der Waals surface area contributed by atoms with Gasteiger partial charge in [0, 0.05) is 17.0 Å². The minimum atomic E-state index is -0.540. The Morgan fingerprint density at radius 3 is 2.65 bits per heavy atom. The number of aryl methyl sites for hydroxylation is 1. The highest BCUT2D eigenvalue weighted by atomic mass is 35.5. The van der Waals surface area contributed by atoms with Crippen molar-refractivity contribution in [2.45, 2.75) is 19.3 Å². The highest BCUT2D eigenvalue weighted by molar-refractivity contribution is 6.30. The predicted octanol–water partition coefficient (Wildman–Crippen LogP) is 3.54. The Hall–Kier alpha value is -2.40. The van der Waals surface area contributed by atoms with Gasteiger partial charge in [-0.25, -0.2) is 4.39 Å². The minimum absolute atomic E-state index is 0.0556. The van der Waals surface area contributed by atoms with Crippen LogP contribution < -0.4 is 11.1 Å². The first kappa shape index (κ1) is 17.0. The fraction of sp³-hybridized carbons (Fsp3) is 0.176. The second kappa shape index (κ2) is 7.74. The summed E-state index contributed by atoms with van der Waals surface area (Å²) < 4.78 is 13.5. The zero-order chi connectivity index (χ0) is 16.8. The van der Waals surface area contributed by atoms with Gasteiger partial charge >= 0.3 is 0 Å². The van der Waals surface area contributed by atoms with E-state index in [0.717, 1.165) is 5.56 Å². The molecule has 0 radical (unpaired) electrons. The Balaban J connectivity index is 1.90. The zero-order valence-electron chi connectivity index (χ0n) is 12.3. The Morgan fingerprint density at radius 2 is 1.91 bits per heavy atom. The van der Waals surface area contributed by atoms with Gasteiger partial charge in [-0.2, -0.15) is 0 Å². The van der Waals surface area contributed by atoms with Gasteiger partial charge in [0.25, 0.3) is 0 Å². The van der Waals surface area contributed by atoms with Gasteiger partial charge < -0.3 is 11.1 Å². The van der Waals surface area contributed by atoms with Crippen molar-refractivity contribution < 1.29 is 14.0 Å². The van der Waals surface area contributed by atoms with Crippen LogP contribution in [-0.4, -0.2) is 11.8 Å². The second-order valence-corrected chi connectivity index (χ2v) is 5.48. The van der Waals surface area contributed by atoms with Crippen LogP contribution in [0.2, 0.25) is 5.02 Å². The van der Waals surface area contributed by atoms with Crippen LogP contribution in [0.1, 0.15) is 28.8 Å². The van der Waals surface area contributed by atoms with Gasteiger partial charge in [0.15, 0.2) is 0 Å². The maximum atomic E-state index is 13.5. The lowest BCUT2D eigenvalue weighted by Crippen LogP contribution is -2.15. The number of rotatable bonds is 6. The first-order valence-corrected chi connectivity index (χ1v) is 7.48. The minimum Gasteiger partial charge on any atom is -0.366 e. The first-order valence-electron chi connectivity index (χ1n) is 7.10. The Labute approximate surface area is 138 Å². The summed E-state index contributed by atoms with van der Waals surface area (Å²) in [5.41, 5.74) is 6.61. The number of carbonyl (C=O) groups excluding carboxylic acids is 2. The van der Waals surface area contributed by atoms with Crippen LogP contribution in [0.4, 0.5) is 10.1 Å². The van der Waals surface area contributed by atoms with E-state index in [4.69, 9.17) is 17.3 Å². The molecule has 2 rings (SSSR count). The van der Waals surface area contributed by atoms with Gasteiger partial charge in [-0.1, -0.05) is 29.8 Å². The summed E-state index contributed by atoms with van der Waals surface area (Å²) in [5.74, 6) is -1.35. The Kier molecular flexibility index (Phi) is 5.71. The van der Waals surface area contributed by atoms with E-state index in [-0.39, 0.29) is 18.0 Å². The van der Waals surface area contributed by atoms with E-state index >= 15 is 0 Å². The van der Waals surface area contributed by atoms with Crippen molar-refractivity contribution >= 4 is 29.1 Å². The van der Waals surface area contributed by atoms with Gasteiger partial charge in [-0.15, -0.1) is 0 Å². The largest absolute Gasteiger partial charge is 0.366 e. The van der Waals surface area contributed by atoms with E-state index in [2.05, 4.69) is 5.32 Å². The molecule has 120 valence electrons. The number of anilines is 1. The van der Waals surface area contributed by atoms with Crippen molar-refractivity contribution in [3.8, 4) is 0 Å². The summed E-state index contributed by atoms with van der Waals surface area (Å²) in [5, 5.41) is 2.83. The van der Waals surface area contributed by atoms with E-state index < -0.39 is 11.7 Å². The third-order valence-corrected chi connectivity index (χ3v) is 3.57. The SMILES string of the molecule is NC(=O)c1ccccc1CCCC(=O)Nc1cc(Cl)ccc1F. The fourth-order valence-corrected chi connectivity index (χ4v) is 2.40. The summed E-state index contributed by atoms with van der Waals surface area (Å²) >= 11 is 5.77. The summed E-state index contributed by atoms with van der Waals surface area (Å²) in [6.45, 7) is 0. The molecule has 0 aliphatic heterocycles. The lowest BCUT2D eigenvalue weighted by molar-refractivity contribution is -0.116. The maximum absolute atomic E-state index is 13.5. The number of hydrogen-bond donors (Lipinski definition) is 2. The summed E-state index contributed by atoms with van der Waals surface area (Å²) in [4.78, 5) is 23.2. The molecule has 0 spiro atoms. The number of hydrogen-bond acceptors (Lipinski definition) is 2. The molecular weight excluding hydrogens is 319 g/mol. The van der Waals surface area contributed by atoms with Crippen molar-refractivity contribution in [2.75, 3.05) is 5.32 Å². The molecule has 0 aliphatic rings. The average molecular weight is 335 g/mol. The van der Waals surface area contributed by atoms with E-state index in [1.807, 2.05) is 6.07 Å². The number of nitrogens with one attached hydrogen (secondary N) is 1. The number of nitrogens with two attached hydrogens (primary N) is 1. The molecule has 0 aromatic heterocycles. The second-order valence-electron chi connectivity index (χ2n) is 5.05. The Morgan fingerprint density at radius 1 is 1.17 bits per heavy atom. The molecule has 4 nitrogen and oxygen atoms in total. The molecule has 0 aliphatic carbocycles. The molecular formula is C17H16ClFN2O2. The standard InChI is InChI=1S/C17H16ClFN2O2/c18-12-8-9-14(19)15(10-12)21-16(22)7-3-5-11-4-1-2-6-13(11)17(20)23/h1-2,4,6,8-10H,3,5,7H2,(H2,20,23)(H,21,22). The third-order valence-electron chi connectivity index (χ3n) is 3.34. The van der Waals surface area contributed by atoms with Gasteiger partial charge in [0.1, 0.15) is 5.82 Å².